The van der Waals surface area contributed by atoms with Crippen LogP contribution < -0.4 is 0 Å². The first kappa shape index (κ1) is 18.7. The number of hydrogen-bond acceptors (Lipinski definition) is 3. The second kappa shape index (κ2) is 7.65. The Labute approximate surface area is 152 Å². The number of hydrogen-bond donors (Lipinski definition) is 0. The second-order valence-corrected chi connectivity index (χ2v) is 9.28. The van der Waals surface area contributed by atoms with E-state index in [1.165, 1.54) is 19.3 Å². The molecule has 0 bridgehead atoms. The Morgan fingerprint density at radius 2 is 1.64 bits per heavy atom. The van der Waals surface area contributed by atoms with Crippen LogP contribution in [0.2, 0.25) is 0 Å². The summed E-state index contributed by atoms with van der Waals surface area (Å²) in [6, 6.07) is 0.538. The third-order valence-electron chi connectivity index (χ3n) is 5.97. The van der Waals surface area contributed by atoms with Crippen LogP contribution in [0, 0.1) is 5.41 Å². The van der Waals surface area contributed by atoms with Crippen molar-refractivity contribution in [2.24, 2.45) is 5.41 Å². The topological polar surface area (TPSA) is 43.9 Å². The van der Waals surface area contributed by atoms with Gasteiger partial charge < -0.3 is 9.80 Å². The Hall–Kier alpha value is -1.10. The standard InChI is InChI=1S/C20H35N3O2/c1-20(2,3)15-18(24)23-12-5-9-17(23)19(25)22-11-6-10-21(13-14-22)16-7-4-8-16/h16-17H,4-15H2,1-3H3/t17-/m0/s1. The first-order valence-electron chi connectivity index (χ1n) is 10.2. The molecular weight excluding hydrogens is 314 g/mol. The normalized spacial score (nSPS) is 26.4. The van der Waals surface area contributed by atoms with Crippen LogP contribution in [0.4, 0.5) is 0 Å². The summed E-state index contributed by atoms with van der Waals surface area (Å²) in [6.45, 7) is 10.8. The molecular formula is C20H35N3O2. The monoisotopic (exact) mass is 349 g/mol. The molecule has 3 fully saturated rings. The van der Waals surface area contributed by atoms with E-state index in [-0.39, 0.29) is 23.3 Å². The van der Waals surface area contributed by atoms with Gasteiger partial charge in [0.15, 0.2) is 0 Å². The van der Waals surface area contributed by atoms with Gasteiger partial charge in [-0.1, -0.05) is 27.2 Å². The van der Waals surface area contributed by atoms with E-state index < -0.39 is 0 Å². The molecule has 2 heterocycles. The van der Waals surface area contributed by atoms with Crippen LogP contribution in [-0.2, 0) is 9.59 Å². The summed E-state index contributed by atoms with van der Waals surface area (Å²) in [4.78, 5) is 32.2. The maximum absolute atomic E-state index is 13.1. The molecule has 142 valence electrons. The van der Waals surface area contributed by atoms with E-state index in [9.17, 15) is 9.59 Å². The lowest BCUT2D eigenvalue weighted by molar-refractivity contribution is -0.144. The summed E-state index contributed by atoms with van der Waals surface area (Å²) in [6.07, 6.45) is 7.37. The molecule has 2 saturated heterocycles. The highest BCUT2D eigenvalue weighted by molar-refractivity contribution is 5.88. The van der Waals surface area contributed by atoms with Gasteiger partial charge in [0, 0.05) is 45.2 Å². The van der Waals surface area contributed by atoms with Crippen molar-refractivity contribution in [2.75, 3.05) is 32.7 Å². The molecule has 25 heavy (non-hydrogen) atoms. The van der Waals surface area contributed by atoms with E-state index in [2.05, 4.69) is 25.7 Å². The lowest BCUT2D eigenvalue weighted by Gasteiger charge is -2.37. The molecule has 5 nitrogen and oxygen atoms in total. The van der Waals surface area contributed by atoms with Crippen LogP contribution in [0.3, 0.4) is 0 Å². The van der Waals surface area contributed by atoms with Crippen LogP contribution in [0.25, 0.3) is 0 Å². The fourth-order valence-electron chi connectivity index (χ4n) is 4.36. The van der Waals surface area contributed by atoms with E-state index in [0.717, 1.165) is 58.0 Å². The molecule has 1 saturated carbocycles. The van der Waals surface area contributed by atoms with Crippen LogP contribution in [-0.4, -0.2) is 71.3 Å². The lowest BCUT2D eigenvalue weighted by atomic mass is 9.91. The molecule has 5 heteroatoms. The molecule has 0 aromatic heterocycles. The number of nitrogens with zero attached hydrogens (tertiary/aromatic N) is 3. The molecule has 0 aromatic rings. The third kappa shape index (κ3) is 4.55. The van der Waals surface area contributed by atoms with Gasteiger partial charge in [0.05, 0.1) is 0 Å². The molecule has 2 aliphatic heterocycles. The molecule has 0 unspecified atom stereocenters. The number of carbonyl (C=O) groups is 2. The Morgan fingerprint density at radius 1 is 0.880 bits per heavy atom. The summed E-state index contributed by atoms with van der Waals surface area (Å²) in [5, 5.41) is 0. The maximum atomic E-state index is 13.1. The number of carbonyl (C=O) groups excluding carboxylic acids is 2. The summed E-state index contributed by atoms with van der Waals surface area (Å²) in [5.41, 5.74) is -0.0286. The average Bonchev–Trinajstić information content (AvgIpc) is 2.84. The predicted octanol–water partition coefficient (Wildman–Crippen LogP) is 2.50. The Bertz CT molecular complexity index is 496. The molecule has 3 aliphatic rings. The Morgan fingerprint density at radius 3 is 2.28 bits per heavy atom. The quantitative estimate of drug-likeness (QED) is 0.786. The van der Waals surface area contributed by atoms with Crippen molar-refractivity contribution in [3.8, 4) is 0 Å². The Kier molecular flexibility index (Phi) is 5.71. The highest BCUT2D eigenvalue weighted by Gasteiger charge is 2.38. The summed E-state index contributed by atoms with van der Waals surface area (Å²) < 4.78 is 0. The van der Waals surface area contributed by atoms with Crippen LogP contribution in [0.1, 0.15) is 65.7 Å². The molecule has 0 N–H and O–H groups in total. The van der Waals surface area contributed by atoms with Gasteiger partial charge in [0.25, 0.3) is 0 Å². The molecule has 3 rings (SSSR count). The van der Waals surface area contributed by atoms with Gasteiger partial charge in [-0.2, -0.15) is 0 Å². The first-order valence-corrected chi connectivity index (χ1v) is 10.2. The molecule has 2 amide bonds. The number of rotatable bonds is 3. The predicted molar refractivity (Wildman–Crippen MR) is 99.2 cm³/mol. The van der Waals surface area contributed by atoms with Crippen molar-refractivity contribution in [2.45, 2.75) is 77.8 Å². The van der Waals surface area contributed by atoms with Gasteiger partial charge in [0.1, 0.15) is 6.04 Å². The van der Waals surface area contributed by atoms with Gasteiger partial charge in [-0.05, 0) is 37.5 Å². The SMILES string of the molecule is CC(C)(C)CC(=O)N1CCC[C@H]1C(=O)N1CCCN(C2CCC2)CC1. The largest absolute Gasteiger partial charge is 0.340 e. The van der Waals surface area contributed by atoms with Crippen LogP contribution >= 0.6 is 0 Å². The zero-order valence-corrected chi connectivity index (χ0v) is 16.3. The first-order chi connectivity index (χ1) is 11.8. The molecule has 1 atom stereocenters. The number of likely N-dealkylation sites (tertiary alicyclic amines) is 1. The van der Waals surface area contributed by atoms with Gasteiger partial charge in [-0.25, -0.2) is 0 Å². The van der Waals surface area contributed by atoms with E-state index >= 15 is 0 Å². The zero-order chi connectivity index (χ0) is 18.0. The van der Waals surface area contributed by atoms with Gasteiger partial charge in [-0.3, -0.25) is 14.5 Å². The van der Waals surface area contributed by atoms with Gasteiger partial charge in [-0.15, -0.1) is 0 Å². The van der Waals surface area contributed by atoms with Crippen LogP contribution in [0.5, 0.6) is 0 Å². The zero-order valence-electron chi connectivity index (χ0n) is 16.3. The summed E-state index contributed by atoms with van der Waals surface area (Å²) in [7, 11) is 0. The fraction of sp³-hybridized carbons (Fsp3) is 0.900. The average molecular weight is 350 g/mol. The summed E-state index contributed by atoms with van der Waals surface area (Å²) >= 11 is 0. The van der Waals surface area contributed by atoms with Crippen LogP contribution in [0.15, 0.2) is 0 Å². The maximum Gasteiger partial charge on any atom is 0.245 e. The highest BCUT2D eigenvalue weighted by atomic mass is 16.2. The fourth-order valence-corrected chi connectivity index (χ4v) is 4.36. The van der Waals surface area contributed by atoms with E-state index in [4.69, 9.17) is 0 Å². The minimum atomic E-state index is -0.217. The third-order valence-corrected chi connectivity index (χ3v) is 5.97. The van der Waals surface area contributed by atoms with Gasteiger partial charge in [0.2, 0.25) is 11.8 Å². The minimum absolute atomic E-state index is 0.0286. The summed E-state index contributed by atoms with van der Waals surface area (Å²) in [5.74, 6) is 0.337. The molecule has 0 radical (unpaired) electrons. The Balaban J connectivity index is 1.58. The van der Waals surface area contributed by atoms with Crippen molar-refractivity contribution in [1.29, 1.82) is 0 Å². The van der Waals surface area contributed by atoms with Crippen molar-refractivity contribution in [3.63, 3.8) is 0 Å². The number of amides is 2. The molecule has 0 spiro atoms. The smallest absolute Gasteiger partial charge is 0.245 e. The van der Waals surface area contributed by atoms with E-state index in [1.807, 2.05) is 9.80 Å². The van der Waals surface area contributed by atoms with Crippen molar-refractivity contribution < 1.29 is 9.59 Å². The second-order valence-electron chi connectivity index (χ2n) is 9.28. The highest BCUT2D eigenvalue weighted by Crippen LogP contribution is 2.28. The van der Waals surface area contributed by atoms with E-state index in [0.29, 0.717) is 6.42 Å². The minimum Gasteiger partial charge on any atom is -0.340 e. The van der Waals surface area contributed by atoms with Gasteiger partial charge >= 0.3 is 0 Å². The van der Waals surface area contributed by atoms with Crippen molar-refractivity contribution in [3.05, 3.63) is 0 Å². The lowest BCUT2D eigenvalue weighted by Crippen LogP contribution is -2.49. The van der Waals surface area contributed by atoms with Crippen molar-refractivity contribution in [1.82, 2.24) is 14.7 Å². The van der Waals surface area contributed by atoms with Crippen molar-refractivity contribution >= 4 is 11.8 Å². The molecule has 1 aliphatic carbocycles. The molecule has 0 aromatic carbocycles. The van der Waals surface area contributed by atoms with E-state index in [1.54, 1.807) is 0 Å².